The number of nitrogens with one attached hydrogen (secondary N) is 1. The highest BCUT2D eigenvalue weighted by Gasteiger charge is 2.33. The van der Waals surface area contributed by atoms with Crippen LogP contribution in [0.15, 0.2) is 70.6 Å². The lowest BCUT2D eigenvalue weighted by molar-refractivity contribution is 0.0651. The lowest BCUT2D eigenvalue weighted by atomic mass is 9.98. The third-order valence-corrected chi connectivity index (χ3v) is 7.98. The molecule has 0 fully saturated rings. The van der Waals surface area contributed by atoms with Crippen LogP contribution in [0, 0.1) is 6.92 Å². The molecule has 1 atom stereocenters. The standard InChI is InChI=1S/C29H28BrN5O3/c1-5-6-21-15-32-35-25-16-33(28(37)20-9-12-24(30)17(2)13-20)18(3)14-23(25)29(38)34(27(21)35)22-10-7-19(8-11-22)26(36)31-4/h5,7-13,15,18H,1,6,14,16H2,2-4H3,(H,31,36)/t18-/m0/s1. The van der Waals surface area contributed by atoms with E-state index in [1.54, 1.807) is 57.6 Å². The first-order valence-electron chi connectivity index (χ1n) is 12.4. The molecule has 0 unspecified atom stereocenters. The predicted octanol–water partition coefficient (Wildman–Crippen LogP) is 4.23. The zero-order chi connectivity index (χ0) is 27.1. The molecule has 0 spiro atoms. The first kappa shape index (κ1) is 25.7. The van der Waals surface area contributed by atoms with Gasteiger partial charge >= 0.3 is 0 Å². The van der Waals surface area contributed by atoms with Crippen molar-refractivity contribution in [3.05, 3.63) is 110 Å². The molecule has 0 saturated heterocycles. The minimum Gasteiger partial charge on any atom is -0.355 e. The van der Waals surface area contributed by atoms with Crippen molar-refractivity contribution >= 4 is 33.4 Å². The lowest BCUT2D eigenvalue weighted by Crippen LogP contribution is -2.46. The van der Waals surface area contributed by atoms with Gasteiger partial charge in [-0.2, -0.15) is 5.10 Å². The Morgan fingerprint density at radius 3 is 2.55 bits per heavy atom. The molecule has 5 rings (SSSR count). The van der Waals surface area contributed by atoms with E-state index in [0.29, 0.717) is 46.6 Å². The van der Waals surface area contributed by atoms with Crippen molar-refractivity contribution in [1.82, 2.24) is 24.4 Å². The quantitative estimate of drug-likeness (QED) is 0.362. The second-order valence-corrected chi connectivity index (χ2v) is 10.4. The first-order valence-corrected chi connectivity index (χ1v) is 13.2. The summed E-state index contributed by atoms with van der Waals surface area (Å²) in [6.07, 6.45) is 4.44. The lowest BCUT2D eigenvalue weighted by Gasteiger charge is -2.35. The second-order valence-electron chi connectivity index (χ2n) is 9.54. The number of hydrogen-bond acceptors (Lipinski definition) is 4. The minimum absolute atomic E-state index is 0.0839. The summed E-state index contributed by atoms with van der Waals surface area (Å²) in [7, 11) is 1.58. The van der Waals surface area contributed by atoms with Crippen molar-refractivity contribution in [2.75, 3.05) is 7.05 Å². The number of hydrogen-bond donors (Lipinski definition) is 1. The van der Waals surface area contributed by atoms with Crippen molar-refractivity contribution in [3.8, 4) is 5.69 Å². The van der Waals surface area contributed by atoms with E-state index >= 15 is 0 Å². The maximum Gasteiger partial charge on any atom is 0.261 e. The number of amides is 2. The molecule has 1 N–H and O–H groups in total. The molecule has 2 amide bonds. The number of benzene rings is 2. The van der Waals surface area contributed by atoms with Gasteiger partial charge in [-0.05, 0) is 74.7 Å². The van der Waals surface area contributed by atoms with Crippen LogP contribution in [0.1, 0.15) is 50.0 Å². The number of nitrogens with zero attached hydrogens (tertiary/aromatic N) is 4. The Labute approximate surface area is 228 Å². The zero-order valence-electron chi connectivity index (χ0n) is 21.5. The summed E-state index contributed by atoms with van der Waals surface area (Å²) in [6.45, 7) is 8.04. The summed E-state index contributed by atoms with van der Waals surface area (Å²) >= 11 is 3.50. The number of halogens is 1. The van der Waals surface area contributed by atoms with E-state index in [0.717, 1.165) is 15.6 Å². The number of carbonyl (C=O) groups is 2. The third-order valence-electron chi connectivity index (χ3n) is 7.09. The van der Waals surface area contributed by atoms with E-state index in [9.17, 15) is 14.4 Å². The van der Waals surface area contributed by atoms with E-state index < -0.39 is 0 Å². The summed E-state index contributed by atoms with van der Waals surface area (Å²) < 4.78 is 4.38. The van der Waals surface area contributed by atoms with E-state index in [-0.39, 0.29) is 30.0 Å². The molecule has 8 nitrogen and oxygen atoms in total. The smallest absolute Gasteiger partial charge is 0.261 e. The summed E-state index contributed by atoms with van der Waals surface area (Å²) in [4.78, 5) is 41.5. The number of carbonyl (C=O) groups excluding carboxylic acids is 2. The Hall–Kier alpha value is -3.98. The van der Waals surface area contributed by atoms with Crippen LogP contribution in [0.2, 0.25) is 0 Å². The average molecular weight is 574 g/mol. The van der Waals surface area contributed by atoms with E-state index in [1.807, 2.05) is 32.0 Å². The Bertz CT molecular complexity index is 1650. The first-order chi connectivity index (χ1) is 18.2. The van der Waals surface area contributed by atoms with Crippen LogP contribution in [0.3, 0.4) is 0 Å². The van der Waals surface area contributed by atoms with Crippen molar-refractivity contribution in [2.45, 2.75) is 39.3 Å². The summed E-state index contributed by atoms with van der Waals surface area (Å²) in [5.74, 6) is -0.282. The number of rotatable bonds is 5. The fourth-order valence-corrected chi connectivity index (χ4v) is 5.29. The average Bonchev–Trinajstić information content (AvgIpc) is 3.33. The van der Waals surface area contributed by atoms with Crippen LogP contribution in [-0.2, 0) is 19.4 Å². The molecule has 2 aromatic carbocycles. The zero-order valence-corrected chi connectivity index (χ0v) is 23.1. The second kappa shape index (κ2) is 10.1. The van der Waals surface area contributed by atoms with Gasteiger partial charge in [0.2, 0.25) is 0 Å². The van der Waals surface area contributed by atoms with Gasteiger partial charge in [-0.15, -0.1) is 6.58 Å². The molecule has 0 saturated carbocycles. The van der Waals surface area contributed by atoms with Gasteiger partial charge in [0, 0.05) is 39.8 Å². The van der Waals surface area contributed by atoms with Crippen LogP contribution in [0.25, 0.3) is 11.3 Å². The molecule has 0 radical (unpaired) electrons. The molecule has 38 heavy (non-hydrogen) atoms. The largest absolute Gasteiger partial charge is 0.355 e. The molecular weight excluding hydrogens is 546 g/mol. The molecule has 1 aliphatic rings. The Morgan fingerprint density at radius 2 is 1.89 bits per heavy atom. The molecule has 0 aliphatic carbocycles. The van der Waals surface area contributed by atoms with E-state index in [1.165, 1.54) is 0 Å². The SMILES string of the molecule is C=CCc1cnn2c3c(c(=O)n(-c4ccc(C(=O)NC)cc4)c12)C[C@H](C)N(C(=O)c1ccc(Br)c(C)c1)C3. The van der Waals surface area contributed by atoms with Crippen molar-refractivity contribution in [3.63, 3.8) is 0 Å². The fourth-order valence-electron chi connectivity index (χ4n) is 5.05. The van der Waals surface area contributed by atoms with Crippen LogP contribution < -0.4 is 10.9 Å². The molecule has 194 valence electrons. The van der Waals surface area contributed by atoms with Crippen LogP contribution >= 0.6 is 15.9 Å². The summed E-state index contributed by atoms with van der Waals surface area (Å²) in [5, 5.41) is 7.27. The minimum atomic E-state index is -0.198. The van der Waals surface area contributed by atoms with Gasteiger partial charge in [-0.1, -0.05) is 22.0 Å². The topological polar surface area (TPSA) is 88.7 Å². The Balaban J connectivity index is 1.66. The molecule has 2 aromatic heterocycles. The van der Waals surface area contributed by atoms with Gasteiger partial charge in [-0.25, -0.2) is 4.52 Å². The molecule has 3 heterocycles. The maximum atomic E-state index is 14.0. The predicted molar refractivity (Wildman–Crippen MR) is 150 cm³/mol. The van der Waals surface area contributed by atoms with Gasteiger partial charge in [-0.3, -0.25) is 19.0 Å². The summed E-state index contributed by atoms with van der Waals surface area (Å²) in [5.41, 5.74) is 5.39. The van der Waals surface area contributed by atoms with Gasteiger partial charge < -0.3 is 10.2 Å². The van der Waals surface area contributed by atoms with Crippen LogP contribution in [-0.4, -0.2) is 44.0 Å². The molecule has 0 bridgehead atoms. The number of allylic oxidation sites excluding steroid dienone is 1. The fraction of sp³-hybridized carbons (Fsp3) is 0.241. The van der Waals surface area contributed by atoms with Crippen LogP contribution in [0.5, 0.6) is 0 Å². The van der Waals surface area contributed by atoms with Crippen molar-refractivity contribution in [1.29, 1.82) is 0 Å². The van der Waals surface area contributed by atoms with Crippen molar-refractivity contribution in [2.24, 2.45) is 0 Å². The third kappa shape index (κ3) is 4.26. The molecule has 9 heteroatoms. The number of aromatic nitrogens is 3. The van der Waals surface area contributed by atoms with Gasteiger partial charge in [0.15, 0.2) is 0 Å². The molecule has 1 aliphatic heterocycles. The monoisotopic (exact) mass is 573 g/mol. The molecular formula is C29H28BrN5O3. The van der Waals surface area contributed by atoms with Gasteiger partial charge in [0.1, 0.15) is 5.65 Å². The van der Waals surface area contributed by atoms with Crippen LogP contribution in [0.4, 0.5) is 0 Å². The Morgan fingerprint density at radius 1 is 1.18 bits per heavy atom. The highest BCUT2D eigenvalue weighted by molar-refractivity contribution is 9.10. The van der Waals surface area contributed by atoms with Gasteiger partial charge in [0.25, 0.3) is 17.4 Å². The number of aryl methyl sites for hydroxylation is 1. The number of fused-ring (bicyclic) bond motifs is 3. The highest BCUT2D eigenvalue weighted by Crippen LogP contribution is 2.27. The summed E-state index contributed by atoms with van der Waals surface area (Å²) in [6, 6.07) is 12.3. The van der Waals surface area contributed by atoms with E-state index in [4.69, 9.17) is 0 Å². The maximum absolute atomic E-state index is 14.0. The molecule has 4 aromatic rings. The van der Waals surface area contributed by atoms with E-state index in [2.05, 4.69) is 32.9 Å². The van der Waals surface area contributed by atoms with Crippen molar-refractivity contribution < 1.29 is 9.59 Å². The normalized spacial score (nSPS) is 14.8. The highest BCUT2D eigenvalue weighted by atomic mass is 79.9. The Kier molecular flexibility index (Phi) is 6.79. The van der Waals surface area contributed by atoms with Gasteiger partial charge in [0.05, 0.1) is 24.1 Å².